The third-order valence-electron chi connectivity index (χ3n) is 1.89. The maximum absolute atomic E-state index is 11.3. The number of aromatic amines is 2. The van der Waals surface area contributed by atoms with Crippen LogP contribution in [-0.4, -0.2) is 31.2 Å². The first-order chi connectivity index (χ1) is 6.74. The van der Waals surface area contributed by atoms with Gasteiger partial charge in [0.1, 0.15) is 5.52 Å². The summed E-state index contributed by atoms with van der Waals surface area (Å²) in [4.78, 5) is 31.1. The molecule has 3 N–H and O–H groups in total. The molecule has 0 saturated heterocycles. The van der Waals surface area contributed by atoms with Gasteiger partial charge in [0.15, 0.2) is 5.65 Å². The van der Waals surface area contributed by atoms with Crippen LogP contribution >= 0.6 is 0 Å². The molecule has 7 heteroatoms. The van der Waals surface area contributed by atoms with Crippen molar-refractivity contribution in [2.45, 2.75) is 6.54 Å². The molecule has 0 aromatic carbocycles. The number of H-pyrrole nitrogens is 2. The second kappa shape index (κ2) is 3.11. The summed E-state index contributed by atoms with van der Waals surface area (Å²) < 4.78 is 1.20. The Morgan fingerprint density at radius 1 is 1.50 bits per heavy atom. The van der Waals surface area contributed by atoms with Crippen molar-refractivity contribution in [3.05, 3.63) is 27.2 Å². The molecular formula is C7H8N4O3. The number of aromatic nitrogens is 4. The molecular weight excluding hydrogens is 188 g/mol. The van der Waals surface area contributed by atoms with Gasteiger partial charge in [-0.1, -0.05) is 0 Å². The van der Waals surface area contributed by atoms with E-state index in [2.05, 4.69) is 15.0 Å². The zero-order valence-corrected chi connectivity index (χ0v) is 7.15. The lowest BCUT2D eigenvalue weighted by Gasteiger charge is -2.01. The van der Waals surface area contributed by atoms with Gasteiger partial charge < -0.3 is 10.1 Å². The smallest absolute Gasteiger partial charge is 0.330 e. The van der Waals surface area contributed by atoms with Crippen molar-refractivity contribution in [3.8, 4) is 0 Å². The van der Waals surface area contributed by atoms with Gasteiger partial charge in [0.2, 0.25) is 0 Å². The maximum Gasteiger partial charge on any atom is 0.330 e. The van der Waals surface area contributed by atoms with Crippen molar-refractivity contribution < 1.29 is 5.11 Å². The standard InChI is InChI=1S/C7H8N4O3/c12-2-1-11-5-4(8-3-9-5)6(13)10-7(11)14/h3,12H,1-2H2,(H,8,9)(H,10,13,14). The molecule has 2 heterocycles. The van der Waals surface area contributed by atoms with E-state index in [1.807, 2.05) is 0 Å². The third kappa shape index (κ3) is 1.14. The molecule has 0 saturated carbocycles. The summed E-state index contributed by atoms with van der Waals surface area (Å²) in [6.07, 6.45) is 1.33. The minimum absolute atomic E-state index is 0.108. The van der Waals surface area contributed by atoms with Crippen LogP contribution in [0, 0.1) is 0 Å². The quantitative estimate of drug-likeness (QED) is 0.538. The highest BCUT2D eigenvalue weighted by molar-refractivity contribution is 5.68. The monoisotopic (exact) mass is 196 g/mol. The first kappa shape index (κ1) is 8.70. The van der Waals surface area contributed by atoms with Gasteiger partial charge in [-0.05, 0) is 0 Å². The highest BCUT2D eigenvalue weighted by Crippen LogP contribution is 1.98. The summed E-state index contributed by atoms with van der Waals surface area (Å²) >= 11 is 0. The molecule has 0 unspecified atom stereocenters. The van der Waals surface area contributed by atoms with Crippen molar-refractivity contribution in [2.24, 2.45) is 0 Å². The van der Waals surface area contributed by atoms with E-state index in [4.69, 9.17) is 5.11 Å². The van der Waals surface area contributed by atoms with Crippen molar-refractivity contribution >= 4 is 11.2 Å². The summed E-state index contributed by atoms with van der Waals surface area (Å²) in [6.45, 7) is -0.0785. The molecule has 7 nitrogen and oxygen atoms in total. The van der Waals surface area contributed by atoms with E-state index in [-0.39, 0.29) is 24.3 Å². The number of fused-ring (bicyclic) bond motifs is 1. The van der Waals surface area contributed by atoms with E-state index >= 15 is 0 Å². The SMILES string of the molecule is O=c1[nH]c(=O)n(CCO)c2nc[nH]c12. The molecule has 0 amide bonds. The van der Waals surface area contributed by atoms with Crippen molar-refractivity contribution in [1.82, 2.24) is 19.5 Å². The van der Waals surface area contributed by atoms with Crippen molar-refractivity contribution in [2.75, 3.05) is 6.61 Å². The molecule has 74 valence electrons. The van der Waals surface area contributed by atoms with Crippen molar-refractivity contribution in [1.29, 1.82) is 0 Å². The van der Waals surface area contributed by atoms with Gasteiger partial charge in [-0.15, -0.1) is 0 Å². The van der Waals surface area contributed by atoms with Gasteiger partial charge >= 0.3 is 5.69 Å². The first-order valence-corrected chi connectivity index (χ1v) is 4.01. The number of aliphatic hydroxyl groups excluding tert-OH is 1. The van der Waals surface area contributed by atoms with Gasteiger partial charge in [-0.25, -0.2) is 9.78 Å². The summed E-state index contributed by atoms with van der Waals surface area (Å²) in [5.74, 6) is 0. The molecule has 0 radical (unpaired) electrons. The van der Waals surface area contributed by atoms with Crippen LogP contribution in [-0.2, 0) is 6.54 Å². The lowest BCUT2D eigenvalue weighted by molar-refractivity contribution is 0.275. The van der Waals surface area contributed by atoms with Gasteiger partial charge in [0.05, 0.1) is 19.5 Å². The van der Waals surface area contributed by atoms with Crippen LogP contribution in [0.25, 0.3) is 11.2 Å². The molecule has 2 aromatic rings. The lowest BCUT2D eigenvalue weighted by atomic mass is 10.5. The van der Waals surface area contributed by atoms with Gasteiger partial charge in [0, 0.05) is 0 Å². The molecule has 14 heavy (non-hydrogen) atoms. The van der Waals surface area contributed by atoms with Crippen LogP contribution in [0.5, 0.6) is 0 Å². The normalized spacial score (nSPS) is 10.9. The number of nitrogens with one attached hydrogen (secondary N) is 2. The Balaban J connectivity index is 2.86. The molecule has 0 bridgehead atoms. The molecule has 0 aliphatic carbocycles. The highest BCUT2D eigenvalue weighted by Gasteiger charge is 2.08. The average molecular weight is 196 g/mol. The molecule has 0 fully saturated rings. The Hall–Kier alpha value is -1.89. The summed E-state index contributed by atoms with van der Waals surface area (Å²) in [5, 5.41) is 8.72. The fourth-order valence-electron chi connectivity index (χ4n) is 1.29. The Morgan fingerprint density at radius 3 is 3.00 bits per heavy atom. The summed E-state index contributed by atoms with van der Waals surface area (Å²) in [7, 11) is 0. The Labute approximate surface area is 77.0 Å². The summed E-state index contributed by atoms with van der Waals surface area (Å²) in [5.41, 5.74) is -0.578. The van der Waals surface area contributed by atoms with Crippen LogP contribution in [0.3, 0.4) is 0 Å². The van der Waals surface area contributed by atoms with E-state index in [0.29, 0.717) is 0 Å². The van der Waals surface area contributed by atoms with E-state index < -0.39 is 11.2 Å². The van der Waals surface area contributed by atoms with E-state index in [1.54, 1.807) is 0 Å². The second-order valence-electron chi connectivity index (χ2n) is 2.74. The molecule has 0 aliphatic rings. The maximum atomic E-state index is 11.3. The Bertz CT molecular complexity index is 564. The average Bonchev–Trinajstić information content (AvgIpc) is 2.60. The molecule has 0 aliphatic heterocycles. The van der Waals surface area contributed by atoms with Crippen LogP contribution in [0.15, 0.2) is 15.9 Å². The number of hydrogen-bond donors (Lipinski definition) is 3. The molecule has 0 spiro atoms. The fraction of sp³-hybridized carbons (Fsp3) is 0.286. The second-order valence-corrected chi connectivity index (χ2v) is 2.74. The fourth-order valence-corrected chi connectivity index (χ4v) is 1.29. The van der Waals surface area contributed by atoms with E-state index in [0.717, 1.165) is 0 Å². The minimum atomic E-state index is -0.566. The number of imidazole rings is 1. The minimum Gasteiger partial charge on any atom is -0.395 e. The number of aliphatic hydroxyl groups is 1. The number of nitrogens with zero attached hydrogens (tertiary/aromatic N) is 2. The molecule has 2 aromatic heterocycles. The zero-order valence-electron chi connectivity index (χ0n) is 7.15. The first-order valence-electron chi connectivity index (χ1n) is 4.01. The number of rotatable bonds is 2. The Kier molecular flexibility index (Phi) is 1.93. The Morgan fingerprint density at radius 2 is 2.29 bits per heavy atom. The van der Waals surface area contributed by atoms with E-state index in [9.17, 15) is 9.59 Å². The van der Waals surface area contributed by atoms with Crippen LogP contribution in [0.1, 0.15) is 0 Å². The van der Waals surface area contributed by atoms with Gasteiger partial charge in [-0.2, -0.15) is 0 Å². The molecule has 0 atom stereocenters. The predicted octanol–water partition coefficient (Wildman–Crippen LogP) is -1.59. The predicted molar refractivity (Wildman–Crippen MR) is 48.1 cm³/mol. The molecule has 2 rings (SSSR count). The lowest BCUT2D eigenvalue weighted by Crippen LogP contribution is -2.31. The number of hydrogen-bond acceptors (Lipinski definition) is 4. The largest absolute Gasteiger partial charge is 0.395 e. The van der Waals surface area contributed by atoms with Crippen molar-refractivity contribution in [3.63, 3.8) is 0 Å². The highest BCUT2D eigenvalue weighted by atomic mass is 16.3. The topological polar surface area (TPSA) is 104 Å². The van der Waals surface area contributed by atoms with Crippen LogP contribution in [0.4, 0.5) is 0 Å². The van der Waals surface area contributed by atoms with Crippen LogP contribution < -0.4 is 11.2 Å². The third-order valence-corrected chi connectivity index (χ3v) is 1.89. The van der Waals surface area contributed by atoms with Crippen LogP contribution in [0.2, 0.25) is 0 Å². The van der Waals surface area contributed by atoms with E-state index in [1.165, 1.54) is 10.9 Å². The van der Waals surface area contributed by atoms with Gasteiger partial charge in [-0.3, -0.25) is 14.3 Å². The van der Waals surface area contributed by atoms with Gasteiger partial charge in [0.25, 0.3) is 5.56 Å². The summed E-state index contributed by atoms with van der Waals surface area (Å²) in [6, 6.07) is 0. The zero-order chi connectivity index (χ0) is 10.1.